The molecule has 0 fully saturated rings. The molecule has 3 heteroatoms. The van der Waals surface area contributed by atoms with E-state index in [9.17, 15) is 4.79 Å². The first kappa shape index (κ1) is 9.93. The Hall–Kier alpha value is -1.61. The zero-order valence-corrected chi connectivity index (χ0v) is 8.90. The van der Waals surface area contributed by atoms with Crippen molar-refractivity contribution in [3.05, 3.63) is 36.0 Å². The quantitative estimate of drug-likeness (QED) is 0.768. The van der Waals surface area contributed by atoms with Gasteiger partial charge in [-0.3, -0.25) is 0 Å². The zero-order valence-electron chi connectivity index (χ0n) is 8.90. The van der Waals surface area contributed by atoms with Crippen LogP contribution in [0.1, 0.15) is 11.6 Å². The van der Waals surface area contributed by atoms with Crippen LogP contribution in [-0.4, -0.2) is 17.9 Å². The van der Waals surface area contributed by atoms with E-state index in [0.29, 0.717) is 0 Å². The lowest BCUT2D eigenvalue weighted by Crippen LogP contribution is -2.16. The highest BCUT2D eigenvalue weighted by Gasteiger charge is 2.13. The third kappa shape index (κ3) is 1.55. The van der Waals surface area contributed by atoms with Crippen LogP contribution in [0.2, 0.25) is 0 Å². The van der Waals surface area contributed by atoms with E-state index in [0.717, 1.165) is 22.8 Å². The van der Waals surface area contributed by atoms with Crippen molar-refractivity contribution in [2.45, 2.75) is 6.04 Å². The molecule has 0 saturated carbocycles. The second-order valence-corrected chi connectivity index (χ2v) is 3.61. The van der Waals surface area contributed by atoms with Crippen LogP contribution in [0.5, 0.6) is 0 Å². The lowest BCUT2D eigenvalue weighted by Gasteiger charge is -2.06. The maximum Gasteiger partial charge on any atom is 0.141 e. The fourth-order valence-corrected chi connectivity index (χ4v) is 1.92. The molecule has 0 radical (unpaired) electrons. The maximum atomic E-state index is 10.9. The number of fused-ring (bicyclic) bond motifs is 1. The molecule has 78 valence electrons. The van der Waals surface area contributed by atoms with Gasteiger partial charge in [0, 0.05) is 29.7 Å². The average molecular weight is 202 g/mol. The van der Waals surface area contributed by atoms with E-state index in [-0.39, 0.29) is 6.04 Å². The molecule has 2 rings (SSSR count). The maximum absolute atomic E-state index is 10.9. The number of hydrogen-bond donors (Lipinski definition) is 1. The van der Waals surface area contributed by atoms with Crippen LogP contribution in [0, 0.1) is 0 Å². The van der Waals surface area contributed by atoms with E-state index >= 15 is 0 Å². The first-order valence-electron chi connectivity index (χ1n) is 4.94. The summed E-state index contributed by atoms with van der Waals surface area (Å²) in [6, 6.07) is 7.86. The largest absolute Gasteiger partial charge is 0.350 e. The predicted molar refractivity (Wildman–Crippen MR) is 60.8 cm³/mol. The number of benzene rings is 1. The van der Waals surface area contributed by atoms with Gasteiger partial charge in [-0.15, -0.1) is 0 Å². The van der Waals surface area contributed by atoms with Gasteiger partial charge in [-0.25, -0.2) is 0 Å². The molecule has 2 aromatic rings. The second kappa shape index (κ2) is 3.87. The molecule has 15 heavy (non-hydrogen) atoms. The molecule has 0 bridgehead atoms. The number of carbonyl (C=O) groups is 1. The van der Waals surface area contributed by atoms with Crippen LogP contribution in [0.4, 0.5) is 0 Å². The minimum atomic E-state index is -0.226. The molecule has 1 heterocycles. The number of aldehydes is 1. The van der Waals surface area contributed by atoms with Crippen molar-refractivity contribution < 1.29 is 4.79 Å². The zero-order chi connectivity index (χ0) is 10.8. The summed E-state index contributed by atoms with van der Waals surface area (Å²) in [5.41, 5.74) is 2.18. The molecule has 0 amide bonds. The van der Waals surface area contributed by atoms with Crippen molar-refractivity contribution in [2.24, 2.45) is 7.05 Å². The van der Waals surface area contributed by atoms with Gasteiger partial charge in [0.25, 0.3) is 0 Å². The Morgan fingerprint density at radius 2 is 2.13 bits per heavy atom. The number of para-hydroxylation sites is 1. The van der Waals surface area contributed by atoms with E-state index in [2.05, 4.69) is 11.4 Å². The van der Waals surface area contributed by atoms with Crippen LogP contribution in [-0.2, 0) is 11.8 Å². The number of aromatic nitrogens is 1. The Bertz CT molecular complexity index is 487. The number of carbonyl (C=O) groups excluding carboxylic acids is 1. The minimum Gasteiger partial charge on any atom is -0.350 e. The van der Waals surface area contributed by atoms with Gasteiger partial charge in [-0.1, -0.05) is 18.2 Å². The molecule has 0 saturated heterocycles. The van der Waals surface area contributed by atoms with Crippen molar-refractivity contribution in [1.82, 2.24) is 9.88 Å². The molecule has 0 aliphatic heterocycles. The lowest BCUT2D eigenvalue weighted by atomic mass is 10.1. The van der Waals surface area contributed by atoms with Gasteiger partial charge in [0.1, 0.15) is 6.29 Å². The molecular formula is C12H14N2O. The molecule has 0 spiro atoms. The molecule has 1 atom stereocenters. The van der Waals surface area contributed by atoms with Crippen molar-refractivity contribution in [2.75, 3.05) is 7.05 Å². The minimum absolute atomic E-state index is 0.226. The van der Waals surface area contributed by atoms with E-state index in [1.54, 1.807) is 7.05 Å². The van der Waals surface area contributed by atoms with Crippen molar-refractivity contribution in [1.29, 1.82) is 0 Å². The van der Waals surface area contributed by atoms with Crippen molar-refractivity contribution in [3.8, 4) is 0 Å². The molecular weight excluding hydrogens is 188 g/mol. The van der Waals surface area contributed by atoms with Crippen LogP contribution in [0.15, 0.2) is 30.5 Å². The molecule has 0 aliphatic carbocycles. The SMILES string of the molecule is CNC(C=O)c1cn(C)c2ccccc12. The molecule has 1 aromatic heterocycles. The van der Waals surface area contributed by atoms with Crippen LogP contribution in [0.25, 0.3) is 10.9 Å². The highest BCUT2D eigenvalue weighted by atomic mass is 16.1. The number of hydrogen-bond acceptors (Lipinski definition) is 2. The Kier molecular flexibility index (Phi) is 2.56. The van der Waals surface area contributed by atoms with Crippen LogP contribution >= 0.6 is 0 Å². The topological polar surface area (TPSA) is 34.0 Å². The first-order chi connectivity index (χ1) is 7.27. The van der Waals surface area contributed by atoms with Crippen molar-refractivity contribution in [3.63, 3.8) is 0 Å². The highest BCUT2D eigenvalue weighted by Crippen LogP contribution is 2.24. The number of nitrogens with zero attached hydrogens (tertiary/aromatic N) is 1. The number of rotatable bonds is 3. The summed E-state index contributed by atoms with van der Waals surface area (Å²) in [6.45, 7) is 0. The predicted octanol–water partition coefficient (Wildman–Crippen LogP) is 1.64. The summed E-state index contributed by atoms with van der Waals surface area (Å²) < 4.78 is 2.04. The van der Waals surface area contributed by atoms with Gasteiger partial charge in [0.05, 0.1) is 6.04 Å². The summed E-state index contributed by atoms with van der Waals surface area (Å²) in [5, 5.41) is 4.12. The lowest BCUT2D eigenvalue weighted by molar-refractivity contribution is -0.109. The van der Waals surface area contributed by atoms with Crippen molar-refractivity contribution >= 4 is 17.2 Å². The van der Waals surface area contributed by atoms with Crippen LogP contribution in [0.3, 0.4) is 0 Å². The van der Waals surface area contributed by atoms with Gasteiger partial charge >= 0.3 is 0 Å². The molecule has 0 aliphatic rings. The summed E-state index contributed by atoms with van der Waals surface area (Å²) >= 11 is 0. The summed E-state index contributed by atoms with van der Waals surface area (Å²) in [6.07, 6.45) is 2.93. The average Bonchev–Trinajstić information content (AvgIpc) is 2.60. The fourth-order valence-electron chi connectivity index (χ4n) is 1.92. The van der Waals surface area contributed by atoms with E-state index in [1.807, 2.05) is 36.0 Å². The van der Waals surface area contributed by atoms with E-state index in [4.69, 9.17) is 0 Å². The van der Waals surface area contributed by atoms with Gasteiger partial charge in [-0.05, 0) is 13.1 Å². The first-order valence-corrected chi connectivity index (χ1v) is 4.94. The smallest absolute Gasteiger partial charge is 0.141 e. The summed E-state index contributed by atoms with van der Waals surface area (Å²) in [5.74, 6) is 0. The van der Waals surface area contributed by atoms with E-state index in [1.165, 1.54) is 0 Å². The van der Waals surface area contributed by atoms with Gasteiger partial charge < -0.3 is 14.7 Å². The fraction of sp³-hybridized carbons (Fsp3) is 0.250. The Balaban J connectivity index is 2.66. The van der Waals surface area contributed by atoms with Gasteiger partial charge in [-0.2, -0.15) is 0 Å². The highest BCUT2D eigenvalue weighted by molar-refractivity contribution is 5.87. The number of nitrogens with one attached hydrogen (secondary N) is 1. The Morgan fingerprint density at radius 3 is 2.80 bits per heavy atom. The standard InChI is InChI=1S/C12H14N2O/c1-13-11(8-15)10-7-14(2)12-6-4-3-5-9(10)12/h3-8,11,13H,1-2H3. The molecule has 1 aromatic carbocycles. The summed E-state index contributed by atoms with van der Waals surface area (Å²) in [4.78, 5) is 10.9. The monoisotopic (exact) mass is 202 g/mol. The molecule has 1 N–H and O–H groups in total. The molecule has 3 nitrogen and oxygen atoms in total. The van der Waals surface area contributed by atoms with Gasteiger partial charge in [0.15, 0.2) is 0 Å². The third-order valence-electron chi connectivity index (χ3n) is 2.71. The van der Waals surface area contributed by atoms with E-state index < -0.39 is 0 Å². The van der Waals surface area contributed by atoms with Gasteiger partial charge in [0.2, 0.25) is 0 Å². The molecule has 1 unspecified atom stereocenters. The summed E-state index contributed by atoms with van der Waals surface area (Å²) in [7, 11) is 3.78. The normalized spacial score (nSPS) is 12.9. The van der Waals surface area contributed by atoms with Crippen LogP contribution < -0.4 is 5.32 Å². The third-order valence-corrected chi connectivity index (χ3v) is 2.71. The Morgan fingerprint density at radius 1 is 1.40 bits per heavy atom. The second-order valence-electron chi connectivity index (χ2n) is 3.61. The number of aryl methyl sites for hydroxylation is 1. The Labute approximate surface area is 88.7 Å². The number of likely N-dealkylation sites (N-methyl/N-ethyl adjacent to an activating group) is 1.